The van der Waals surface area contributed by atoms with E-state index >= 15 is 0 Å². The molecule has 4 heteroatoms. The van der Waals surface area contributed by atoms with Gasteiger partial charge >= 0.3 is 0 Å². The molecule has 0 fully saturated rings. The fourth-order valence-electron chi connectivity index (χ4n) is 2.31. The molecule has 0 saturated carbocycles. The first-order chi connectivity index (χ1) is 9.06. The molecule has 108 valence electrons. The van der Waals surface area contributed by atoms with E-state index in [2.05, 4.69) is 13.8 Å². The zero-order valence-electron chi connectivity index (χ0n) is 12.3. The highest BCUT2D eigenvalue weighted by molar-refractivity contribution is 6.33. The van der Waals surface area contributed by atoms with Crippen LogP contribution >= 0.6 is 11.6 Å². The molecule has 0 aliphatic rings. The van der Waals surface area contributed by atoms with Gasteiger partial charge in [0.15, 0.2) is 11.5 Å². The largest absolute Gasteiger partial charge is 0.493 e. The molecule has 0 aromatic heterocycles. The molecule has 0 unspecified atom stereocenters. The second-order valence-electron chi connectivity index (χ2n) is 4.90. The van der Waals surface area contributed by atoms with E-state index in [1.54, 1.807) is 14.2 Å². The second-order valence-corrected chi connectivity index (χ2v) is 5.28. The summed E-state index contributed by atoms with van der Waals surface area (Å²) in [4.78, 5) is 0. The molecule has 19 heavy (non-hydrogen) atoms. The van der Waals surface area contributed by atoms with Crippen molar-refractivity contribution in [2.45, 2.75) is 39.0 Å². The van der Waals surface area contributed by atoms with E-state index < -0.39 is 0 Å². The normalized spacial score (nSPS) is 10.9. The van der Waals surface area contributed by atoms with Gasteiger partial charge in [0.05, 0.1) is 19.2 Å². The molecule has 0 atom stereocenters. The van der Waals surface area contributed by atoms with Crippen molar-refractivity contribution < 1.29 is 9.47 Å². The lowest BCUT2D eigenvalue weighted by Crippen LogP contribution is -2.04. The molecule has 1 aromatic carbocycles. The zero-order valence-corrected chi connectivity index (χ0v) is 13.0. The number of methoxy groups -OCH3 is 2. The molecule has 0 amide bonds. The van der Waals surface area contributed by atoms with Crippen LogP contribution in [0.2, 0.25) is 5.02 Å². The third-order valence-corrected chi connectivity index (χ3v) is 3.59. The maximum absolute atomic E-state index is 6.48. The lowest BCUT2D eigenvalue weighted by Gasteiger charge is -2.19. The monoisotopic (exact) mass is 285 g/mol. The Morgan fingerprint density at radius 2 is 1.89 bits per heavy atom. The predicted molar refractivity (Wildman–Crippen MR) is 80.6 cm³/mol. The van der Waals surface area contributed by atoms with Crippen molar-refractivity contribution in [2.24, 2.45) is 5.73 Å². The molecule has 0 spiro atoms. The fraction of sp³-hybridized carbons (Fsp3) is 0.600. The maximum atomic E-state index is 6.48. The van der Waals surface area contributed by atoms with Crippen LogP contribution in [0.3, 0.4) is 0 Å². The van der Waals surface area contributed by atoms with Crippen LogP contribution in [0.25, 0.3) is 0 Å². The first-order valence-electron chi connectivity index (χ1n) is 6.70. The Morgan fingerprint density at radius 3 is 2.37 bits per heavy atom. The van der Waals surface area contributed by atoms with Gasteiger partial charge in [-0.2, -0.15) is 0 Å². The molecule has 3 nitrogen and oxygen atoms in total. The van der Waals surface area contributed by atoms with Gasteiger partial charge < -0.3 is 15.2 Å². The number of ether oxygens (including phenoxy) is 2. The zero-order chi connectivity index (χ0) is 14.4. The van der Waals surface area contributed by atoms with Gasteiger partial charge in [-0.3, -0.25) is 0 Å². The topological polar surface area (TPSA) is 44.5 Å². The summed E-state index contributed by atoms with van der Waals surface area (Å²) in [5.74, 6) is 1.66. The molecule has 1 rings (SSSR count). The van der Waals surface area contributed by atoms with Crippen molar-refractivity contribution >= 4 is 11.6 Å². The molecule has 0 bridgehead atoms. The quantitative estimate of drug-likeness (QED) is 0.776. The number of rotatable bonds is 7. The average Bonchev–Trinajstić information content (AvgIpc) is 2.37. The van der Waals surface area contributed by atoms with E-state index in [1.165, 1.54) is 5.56 Å². The van der Waals surface area contributed by atoms with E-state index in [0.717, 1.165) is 31.4 Å². The Morgan fingerprint density at radius 1 is 1.21 bits per heavy atom. The smallest absolute Gasteiger partial charge is 0.179 e. The predicted octanol–water partition coefficient (Wildman–Crippen LogP) is 3.76. The number of aryl methyl sites for hydroxylation is 1. The van der Waals surface area contributed by atoms with E-state index in [1.807, 2.05) is 6.07 Å². The third-order valence-electron chi connectivity index (χ3n) is 3.21. The Balaban J connectivity index is 3.22. The van der Waals surface area contributed by atoms with Crippen LogP contribution in [0.5, 0.6) is 11.5 Å². The SMILES string of the molecule is COc1cc(CCCCN)c(C(C)C)c(Cl)c1OC. The Labute approximate surface area is 121 Å². The highest BCUT2D eigenvalue weighted by Gasteiger charge is 2.19. The maximum Gasteiger partial charge on any atom is 0.179 e. The number of hydrogen-bond donors (Lipinski definition) is 1. The molecule has 0 aliphatic carbocycles. The summed E-state index contributed by atoms with van der Waals surface area (Å²) in [7, 11) is 3.24. The molecule has 1 aromatic rings. The molecule has 0 aliphatic heterocycles. The highest BCUT2D eigenvalue weighted by Crippen LogP contribution is 2.42. The van der Waals surface area contributed by atoms with Crippen LogP contribution < -0.4 is 15.2 Å². The molecule has 0 radical (unpaired) electrons. The summed E-state index contributed by atoms with van der Waals surface area (Å²) in [6, 6.07) is 2.04. The summed E-state index contributed by atoms with van der Waals surface area (Å²) < 4.78 is 10.7. The molecule has 2 N–H and O–H groups in total. The average molecular weight is 286 g/mol. The fourth-order valence-corrected chi connectivity index (χ4v) is 2.82. The van der Waals surface area contributed by atoms with Crippen LogP contribution in [-0.4, -0.2) is 20.8 Å². The molecule has 0 heterocycles. The molecular formula is C15H24ClNO2. The summed E-state index contributed by atoms with van der Waals surface area (Å²) in [5, 5.41) is 0.666. The van der Waals surface area contributed by atoms with Crippen LogP contribution in [-0.2, 0) is 6.42 Å². The van der Waals surface area contributed by atoms with Gasteiger partial charge in [-0.15, -0.1) is 0 Å². The second kappa shape index (κ2) is 7.61. The van der Waals surface area contributed by atoms with Gasteiger partial charge in [-0.05, 0) is 48.9 Å². The van der Waals surface area contributed by atoms with Gasteiger partial charge in [-0.25, -0.2) is 0 Å². The van der Waals surface area contributed by atoms with Gasteiger partial charge in [-0.1, -0.05) is 25.4 Å². The van der Waals surface area contributed by atoms with Crippen LogP contribution in [0, 0.1) is 0 Å². The summed E-state index contributed by atoms with van der Waals surface area (Å²) in [6.07, 6.45) is 3.04. The molecular weight excluding hydrogens is 262 g/mol. The van der Waals surface area contributed by atoms with Crippen molar-refractivity contribution in [3.8, 4) is 11.5 Å². The van der Waals surface area contributed by atoms with Gasteiger partial charge in [0.25, 0.3) is 0 Å². The number of benzene rings is 1. The Bertz CT molecular complexity index is 419. The number of nitrogens with two attached hydrogens (primary N) is 1. The van der Waals surface area contributed by atoms with Crippen molar-refractivity contribution in [3.63, 3.8) is 0 Å². The first kappa shape index (κ1) is 16.1. The van der Waals surface area contributed by atoms with Gasteiger partial charge in [0, 0.05) is 0 Å². The lowest BCUT2D eigenvalue weighted by atomic mass is 9.93. The first-order valence-corrected chi connectivity index (χ1v) is 7.07. The van der Waals surface area contributed by atoms with Crippen LogP contribution in [0.15, 0.2) is 6.07 Å². The summed E-state index contributed by atoms with van der Waals surface area (Å²) in [6.45, 7) is 5.00. The van der Waals surface area contributed by atoms with E-state index in [4.69, 9.17) is 26.8 Å². The van der Waals surface area contributed by atoms with Crippen LogP contribution in [0.1, 0.15) is 43.7 Å². The van der Waals surface area contributed by atoms with E-state index in [-0.39, 0.29) is 0 Å². The van der Waals surface area contributed by atoms with Crippen molar-refractivity contribution in [1.29, 1.82) is 0 Å². The Hall–Kier alpha value is -0.930. The van der Waals surface area contributed by atoms with Gasteiger partial charge in [0.1, 0.15) is 0 Å². The van der Waals surface area contributed by atoms with Crippen LogP contribution in [0.4, 0.5) is 0 Å². The standard InChI is InChI=1S/C15H24ClNO2/c1-10(2)13-11(7-5-6-8-17)9-12(18-3)15(19-4)14(13)16/h9-10H,5-8,17H2,1-4H3. The van der Waals surface area contributed by atoms with Crippen molar-refractivity contribution in [2.75, 3.05) is 20.8 Å². The van der Waals surface area contributed by atoms with E-state index in [9.17, 15) is 0 Å². The highest BCUT2D eigenvalue weighted by atomic mass is 35.5. The van der Waals surface area contributed by atoms with E-state index in [0.29, 0.717) is 22.4 Å². The third kappa shape index (κ3) is 3.77. The minimum absolute atomic E-state index is 0.347. The molecule has 0 saturated heterocycles. The summed E-state index contributed by atoms with van der Waals surface area (Å²) in [5.41, 5.74) is 7.93. The summed E-state index contributed by atoms with van der Waals surface area (Å²) >= 11 is 6.48. The van der Waals surface area contributed by atoms with Crippen molar-refractivity contribution in [1.82, 2.24) is 0 Å². The Kier molecular flexibility index (Phi) is 6.46. The minimum atomic E-state index is 0.347. The van der Waals surface area contributed by atoms with Gasteiger partial charge in [0.2, 0.25) is 0 Å². The van der Waals surface area contributed by atoms with Crippen molar-refractivity contribution in [3.05, 3.63) is 22.2 Å². The number of hydrogen-bond acceptors (Lipinski definition) is 3. The minimum Gasteiger partial charge on any atom is -0.493 e. The number of halogens is 1. The number of unbranched alkanes of at least 4 members (excludes halogenated alkanes) is 1. The lowest BCUT2D eigenvalue weighted by molar-refractivity contribution is 0.354.